The number of dihydropyridines is 1. The zero-order chi connectivity index (χ0) is 14.3. The molecule has 0 aromatic heterocycles. The first-order valence-corrected chi connectivity index (χ1v) is 6.82. The second kappa shape index (κ2) is 4.64. The molecule has 19 heavy (non-hydrogen) atoms. The number of Topliss-reactive ketones (excluding diaryl/α,β-unsaturated/α-hetero) is 1. The molecule has 1 aliphatic carbocycles. The van der Waals surface area contributed by atoms with Crippen LogP contribution in [0.4, 0.5) is 13.2 Å². The molecule has 1 atom stereocenters. The number of halogens is 3. The van der Waals surface area contributed by atoms with Gasteiger partial charge in [-0.25, -0.2) is 4.18 Å². The Bertz CT molecular complexity index is 562. The summed E-state index contributed by atoms with van der Waals surface area (Å²) in [6.07, 6.45) is 2.33. The molecule has 2 rings (SSSR count). The van der Waals surface area contributed by atoms with E-state index in [9.17, 15) is 26.4 Å². The van der Waals surface area contributed by atoms with Crippen molar-refractivity contribution in [1.29, 1.82) is 0 Å². The van der Waals surface area contributed by atoms with Gasteiger partial charge in [-0.3, -0.25) is 4.79 Å². The minimum atomic E-state index is -5.67. The summed E-state index contributed by atoms with van der Waals surface area (Å²) >= 11 is 0. The number of alkyl halides is 3. The Balaban J connectivity index is 2.13. The monoisotopic (exact) mass is 297 g/mol. The molecule has 9 heteroatoms. The number of nitrogens with one attached hydrogen (secondary N) is 1. The number of carbonyl (C=O) groups is 1. The van der Waals surface area contributed by atoms with Crippen LogP contribution < -0.4 is 5.32 Å². The summed E-state index contributed by atoms with van der Waals surface area (Å²) < 4.78 is 62.2. The number of hydrogen-bond acceptors (Lipinski definition) is 5. The van der Waals surface area contributed by atoms with Crippen LogP contribution in [0.3, 0.4) is 0 Å². The van der Waals surface area contributed by atoms with Crippen LogP contribution in [-0.4, -0.2) is 25.9 Å². The molecule has 2 aliphatic rings. The highest BCUT2D eigenvalue weighted by Crippen LogP contribution is 2.29. The van der Waals surface area contributed by atoms with Crippen LogP contribution >= 0.6 is 0 Å². The molecular formula is C10H10F3NO4S. The van der Waals surface area contributed by atoms with E-state index in [2.05, 4.69) is 9.50 Å². The number of rotatable bonds is 2. The first-order valence-electron chi connectivity index (χ1n) is 5.41. The highest BCUT2D eigenvalue weighted by molar-refractivity contribution is 7.87. The molecule has 106 valence electrons. The molecule has 0 bridgehead atoms. The summed E-state index contributed by atoms with van der Waals surface area (Å²) in [6.45, 7) is 0. The third-order valence-corrected chi connectivity index (χ3v) is 3.75. The van der Waals surface area contributed by atoms with Crippen molar-refractivity contribution in [3.8, 4) is 0 Å². The van der Waals surface area contributed by atoms with E-state index in [1.54, 1.807) is 0 Å². The zero-order valence-corrected chi connectivity index (χ0v) is 10.3. The molecule has 0 aromatic carbocycles. The summed E-state index contributed by atoms with van der Waals surface area (Å²) in [5.41, 5.74) is -4.68. The maximum atomic E-state index is 12.2. The van der Waals surface area contributed by atoms with E-state index in [0.717, 1.165) is 6.08 Å². The third kappa shape index (κ3) is 2.81. The van der Waals surface area contributed by atoms with Crippen LogP contribution in [0.25, 0.3) is 0 Å². The van der Waals surface area contributed by atoms with Gasteiger partial charge in [0, 0.05) is 17.7 Å². The minimum absolute atomic E-state index is 0.123. The Kier molecular flexibility index (Phi) is 3.43. The van der Waals surface area contributed by atoms with Gasteiger partial charge in [0.25, 0.3) is 0 Å². The Hall–Kier alpha value is -1.35. The van der Waals surface area contributed by atoms with Crippen LogP contribution in [0, 0.1) is 0 Å². The third-order valence-electron chi connectivity index (χ3n) is 2.72. The van der Waals surface area contributed by atoms with E-state index >= 15 is 0 Å². The number of allylic oxidation sites excluding steroid dienone is 3. The van der Waals surface area contributed by atoms with Crippen molar-refractivity contribution in [3.63, 3.8) is 0 Å². The predicted octanol–water partition coefficient (Wildman–Crippen LogP) is 1.35. The Morgan fingerprint density at radius 3 is 2.63 bits per heavy atom. The van der Waals surface area contributed by atoms with Gasteiger partial charge < -0.3 is 5.32 Å². The molecule has 1 aliphatic heterocycles. The van der Waals surface area contributed by atoms with E-state index in [0.29, 0.717) is 30.5 Å². The maximum absolute atomic E-state index is 12.2. The van der Waals surface area contributed by atoms with E-state index in [1.807, 2.05) is 0 Å². The standard InChI is InChI=1S/C10H10F3NO4S/c11-10(12,13)19(16,17)18-9-5-4-6-7(14-9)2-1-3-8(6)15/h4-5,9,14H,1-3H2. The van der Waals surface area contributed by atoms with Crippen LogP contribution in [0.1, 0.15) is 19.3 Å². The number of carbonyl (C=O) groups excluding carboxylic acids is 1. The highest BCUT2D eigenvalue weighted by Gasteiger charge is 2.48. The van der Waals surface area contributed by atoms with E-state index in [4.69, 9.17) is 0 Å². The van der Waals surface area contributed by atoms with Crippen molar-refractivity contribution in [1.82, 2.24) is 5.32 Å². The van der Waals surface area contributed by atoms with Crippen LogP contribution in [0.2, 0.25) is 0 Å². The summed E-state index contributed by atoms with van der Waals surface area (Å²) in [5, 5.41) is 2.48. The van der Waals surface area contributed by atoms with Gasteiger partial charge in [0.1, 0.15) is 0 Å². The summed E-state index contributed by atoms with van der Waals surface area (Å²) in [4.78, 5) is 11.5. The SMILES string of the molecule is O=C1CCCC2=C1C=CC(OS(=O)(=O)C(F)(F)F)N2. The summed E-state index contributed by atoms with van der Waals surface area (Å²) in [6, 6.07) is 0. The van der Waals surface area contributed by atoms with Crippen LogP contribution in [0.5, 0.6) is 0 Å². The lowest BCUT2D eigenvalue weighted by atomic mass is 9.93. The van der Waals surface area contributed by atoms with Gasteiger partial charge in [0.15, 0.2) is 12.0 Å². The number of ketones is 1. The molecule has 5 nitrogen and oxygen atoms in total. The average Bonchev–Trinajstić information content (AvgIpc) is 2.27. The molecule has 0 saturated heterocycles. The smallest absolute Gasteiger partial charge is 0.359 e. The fourth-order valence-electron chi connectivity index (χ4n) is 1.86. The molecular weight excluding hydrogens is 287 g/mol. The van der Waals surface area contributed by atoms with Gasteiger partial charge in [-0.2, -0.15) is 21.6 Å². The van der Waals surface area contributed by atoms with E-state index in [-0.39, 0.29) is 5.78 Å². The van der Waals surface area contributed by atoms with Crippen molar-refractivity contribution >= 4 is 15.9 Å². The first kappa shape index (κ1) is 14.1. The minimum Gasteiger partial charge on any atom is -0.359 e. The molecule has 1 N–H and O–H groups in total. The fourth-order valence-corrected chi connectivity index (χ4v) is 2.35. The van der Waals surface area contributed by atoms with Crippen LogP contribution in [0.15, 0.2) is 23.4 Å². The normalized spacial score (nSPS) is 24.2. The van der Waals surface area contributed by atoms with E-state index in [1.165, 1.54) is 6.08 Å². The molecule has 0 aromatic rings. The lowest BCUT2D eigenvalue weighted by Crippen LogP contribution is -2.39. The molecule has 0 spiro atoms. The van der Waals surface area contributed by atoms with Gasteiger partial charge >= 0.3 is 15.6 Å². The second-order valence-corrected chi connectivity index (χ2v) is 5.65. The van der Waals surface area contributed by atoms with Crippen molar-refractivity contribution < 1.29 is 30.6 Å². The molecule has 0 fully saturated rings. The Morgan fingerprint density at radius 2 is 2.00 bits per heavy atom. The van der Waals surface area contributed by atoms with Gasteiger partial charge in [-0.05, 0) is 25.0 Å². The van der Waals surface area contributed by atoms with Crippen molar-refractivity contribution in [2.75, 3.05) is 0 Å². The van der Waals surface area contributed by atoms with Crippen molar-refractivity contribution in [2.24, 2.45) is 0 Å². The Morgan fingerprint density at radius 1 is 1.32 bits per heavy atom. The summed E-state index contributed by atoms with van der Waals surface area (Å²) in [7, 11) is -5.67. The van der Waals surface area contributed by atoms with Crippen molar-refractivity contribution in [3.05, 3.63) is 23.4 Å². The topological polar surface area (TPSA) is 72.5 Å². The predicted molar refractivity (Wildman–Crippen MR) is 58.0 cm³/mol. The summed E-state index contributed by atoms with van der Waals surface area (Å²) in [5.74, 6) is -0.123. The van der Waals surface area contributed by atoms with Gasteiger partial charge in [0.2, 0.25) is 0 Å². The van der Waals surface area contributed by atoms with Gasteiger partial charge in [-0.15, -0.1) is 0 Å². The first-order chi connectivity index (χ1) is 8.71. The average molecular weight is 297 g/mol. The maximum Gasteiger partial charge on any atom is 0.523 e. The molecule has 0 saturated carbocycles. The lowest BCUT2D eigenvalue weighted by molar-refractivity contribution is -0.115. The van der Waals surface area contributed by atoms with E-state index < -0.39 is 21.9 Å². The molecule has 0 radical (unpaired) electrons. The highest BCUT2D eigenvalue weighted by atomic mass is 32.2. The van der Waals surface area contributed by atoms with Gasteiger partial charge in [0.05, 0.1) is 0 Å². The quantitative estimate of drug-likeness (QED) is 0.615. The van der Waals surface area contributed by atoms with Crippen molar-refractivity contribution in [2.45, 2.75) is 31.0 Å². The van der Waals surface area contributed by atoms with Crippen LogP contribution in [-0.2, 0) is 19.1 Å². The molecule has 1 unspecified atom stereocenters. The number of hydrogen-bond donors (Lipinski definition) is 1. The lowest BCUT2D eigenvalue weighted by Gasteiger charge is -2.27. The zero-order valence-electron chi connectivity index (χ0n) is 9.53. The van der Waals surface area contributed by atoms with Gasteiger partial charge in [-0.1, -0.05) is 0 Å². The Labute approximate surface area is 107 Å². The largest absolute Gasteiger partial charge is 0.523 e. The fraction of sp³-hybridized carbons (Fsp3) is 0.500. The molecule has 1 heterocycles. The molecule has 0 amide bonds. The second-order valence-electron chi connectivity index (χ2n) is 4.09.